The van der Waals surface area contributed by atoms with Gasteiger partial charge in [0.05, 0.1) is 17.1 Å². The molecule has 1 aromatic carbocycles. The molecule has 5 nitrogen and oxygen atoms in total. The van der Waals surface area contributed by atoms with Crippen molar-refractivity contribution in [3.05, 3.63) is 63.0 Å². The van der Waals surface area contributed by atoms with E-state index in [0.29, 0.717) is 32.9 Å². The topological polar surface area (TPSA) is 83.0 Å². The molecule has 0 amide bonds. The number of carbonyl (C=O) groups excluding carboxylic acids is 1. The fraction of sp³-hybridized carbons (Fsp3) is 0.167. The van der Waals surface area contributed by atoms with Gasteiger partial charge in [-0.2, -0.15) is 0 Å². The molecule has 0 atom stereocenters. The van der Waals surface area contributed by atoms with Crippen LogP contribution < -0.4 is 0 Å². The smallest absolute Gasteiger partial charge is 0.307 e. The van der Waals surface area contributed by atoms with Gasteiger partial charge in [0.2, 0.25) is 5.78 Å². The summed E-state index contributed by atoms with van der Waals surface area (Å²) in [6.45, 7) is 1.93. The number of hydrogen-bond acceptors (Lipinski definition) is 3. The molecular formula is C18H14Cl2N2O3. The standard InChI is InChI=1S/C18H14Cl2N2O3/c1-2-9-5-15(21-8-13(9)20)18(25)17-12(7-16(23)24)11-4-3-10(19)6-14(11)22-17/h3-6,8,22H,2,7H2,1H3,(H,23,24). The zero-order chi connectivity index (χ0) is 18.1. The van der Waals surface area contributed by atoms with Gasteiger partial charge in [-0.3, -0.25) is 14.6 Å². The Morgan fingerprint density at radius 2 is 2.00 bits per heavy atom. The number of nitrogens with one attached hydrogen (secondary N) is 1. The van der Waals surface area contributed by atoms with Gasteiger partial charge in [0, 0.05) is 27.7 Å². The highest BCUT2D eigenvalue weighted by Gasteiger charge is 2.22. The molecule has 0 saturated heterocycles. The highest BCUT2D eigenvalue weighted by atomic mass is 35.5. The van der Waals surface area contributed by atoms with E-state index in [-0.39, 0.29) is 23.6 Å². The minimum absolute atomic E-state index is 0.205. The molecule has 0 fully saturated rings. The summed E-state index contributed by atoms with van der Waals surface area (Å²) in [4.78, 5) is 31.3. The Balaban J connectivity index is 2.16. The van der Waals surface area contributed by atoms with Crippen LogP contribution in [0.5, 0.6) is 0 Å². The van der Waals surface area contributed by atoms with Crippen molar-refractivity contribution in [3.8, 4) is 0 Å². The molecule has 0 aliphatic heterocycles. The molecule has 7 heteroatoms. The van der Waals surface area contributed by atoms with Crippen molar-refractivity contribution in [1.29, 1.82) is 0 Å². The number of nitrogens with zero attached hydrogens (tertiary/aromatic N) is 1. The van der Waals surface area contributed by atoms with Crippen LogP contribution >= 0.6 is 23.2 Å². The summed E-state index contributed by atoms with van der Waals surface area (Å²) >= 11 is 12.0. The summed E-state index contributed by atoms with van der Waals surface area (Å²) in [5.41, 5.74) is 2.25. The van der Waals surface area contributed by atoms with E-state index in [1.807, 2.05) is 6.92 Å². The number of aromatic nitrogens is 2. The van der Waals surface area contributed by atoms with Crippen LogP contribution in [-0.2, 0) is 17.6 Å². The summed E-state index contributed by atoms with van der Waals surface area (Å²) in [7, 11) is 0. The molecule has 0 unspecified atom stereocenters. The number of fused-ring (bicyclic) bond motifs is 1. The second kappa shape index (κ2) is 6.86. The van der Waals surface area contributed by atoms with Crippen LogP contribution in [0, 0.1) is 0 Å². The molecule has 0 saturated carbocycles. The van der Waals surface area contributed by atoms with E-state index in [2.05, 4.69) is 9.97 Å². The van der Waals surface area contributed by atoms with E-state index in [4.69, 9.17) is 23.2 Å². The number of aromatic amines is 1. The number of carbonyl (C=O) groups is 2. The summed E-state index contributed by atoms with van der Waals surface area (Å²) in [6, 6.07) is 6.66. The molecule has 3 rings (SSSR count). The maximum atomic E-state index is 12.9. The third kappa shape index (κ3) is 3.38. The van der Waals surface area contributed by atoms with Gasteiger partial charge >= 0.3 is 5.97 Å². The highest BCUT2D eigenvalue weighted by Crippen LogP contribution is 2.28. The van der Waals surface area contributed by atoms with Crippen LogP contribution in [0.25, 0.3) is 10.9 Å². The van der Waals surface area contributed by atoms with Gasteiger partial charge in [-0.1, -0.05) is 36.2 Å². The van der Waals surface area contributed by atoms with E-state index >= 15 is 0 Å². The largest absolute Gasteiger partial charge is 0.481 e. The first-order chi connectivity index (χ1) is 11.9. The predicted octanol–water partition coefficient (Wildman–Crippen LogP) is 4.29. The number of halogens is 2. The Morgan fingerprint density at radius 3 is 2.68 bits per heavy atom. The first-order valence-corrected chi connectivity index (χ1v) is 8.37. The van der Waals surface area contributed by atoms with Gasteiger partial charge < -0.3 is 10.1 Å². The molecule has 128 valence electrons. The molecule has 0 bridgehead atoms. The van der Waals surface area contributed by atoms with Gasteiger partial charge in [0.1, 0.15) is 5.69 Å². The lowest BCUT2D eigenvalue weighted by Gasteiger charge is -2.05. The van der Waals surface area contributed by atoms with Gasteiger partial charge in [-0.25, -0.2) is 0 Å². The lowest BCUT2D eigenvalue weighted by molar-refractivity contribution is -0.136. The predicted molar refractivity (Wildman–Crippen MR) is 96.7 cm³/mol. The molecule has 0 aliphatic carbocycles. The number of aryl methyl sites for hydroxylation is 1. The summed E-state index contributed by atoms with van der Waals surface area (Å²) in [5, 5.41) is 10.8. The fourth-order valence-corrected chi connectivity index (χ4v) is 3.17. The lowest BCUT2D eigenvalue weighted by atomic mass is 10.0. The molecule has 0 radical (unpaired) electrons. The zero-order valence-corrected chi connectivity index (χ0v) is 14.8. The number of pyridine rings is 1. The zero-order valence-electron chi connectivity index (χ0n) is 13.3. The Morgan fingerprint density at radius 1 is 1.24 bits per heavy atom. The Hall–Kier alpha value is -2.37. The maximum Gasteiger partial charge on any atom is 0.307 e. The van der Waals surface area contributed by atoms with Crippen LogP contribution in [-0.4, -0.2) is 26.8 Å². The number of H-pyrrole nitrogens is 1. The summed E-state index contributed by atoms with van der Waals surface area (Å²) in [5.74, 6) is -1.40. The number of rotatable bonds is 5. The number of benzene rings is 1. The van der Waals surface area contributed by atoms with Crippen molar-refractivity contribution >= 4 is 45.9 Å². The third-order valence-corrected chi connectivity index (χ3v) is 4.55. The number of carboxylic acids is 1. The quantitative estimate of drug-likeness (QED) is 0.650. The minimum atomic E-state index is -1.02. The number of ketones is 1. The van der Waals surface area contributed by atoms with Crippen molar-refractivity contribution in [2.24, 2.45) is 0 Å². The van der Waals surface area contributed by atoms with Gasteiger partial charge in [-0.15, -0.1) is 0 Å². The van der Waals surface area contributed by atoms with E-state index in [0.717, 1.165) is 5.56 Å². The summed E-state index contributed by atoms with van der Waals surface area (Å²) in [6.07, 6.45) is 1.81. The number of aliphatic carboxylic acids is 1. The Bertz CT molecular complexity index is 995. The van der Waals surface area contributed by atoms with Crippen molar-refractivity contribution in [2.45, 2.75) is 19.8 Å². The Labute approximate surface area is 153 Å². The van der Waals surface area contributed by atoms with E-state index in [1.54, 1.807) is 24.3 Å². The molecule has 0 aliphatic rings. The monoisotopic (exact) mass is 376 g/mol. The van der Waals surface area contributed by atoms with Gasteiger partial charge in [-0.05, 0) is 30.2 Å². The maximum absolute atomic E-state index is 12.9. The number of carboxylic acid groups (broad SMARTS) is 1. The van der Waals surface area contributed by atoms with Crippen molar-refractivity contribution in [1.82, 2.24) is 9.97 Å². The molecule has 25 heavy (non-hydrogen) atoms. The molecule has 2 aromatic heterocycles. The van der Waals surface area contributed by atoms with Crippen LogP contribution in [0.1, 0.15) is 34.2 Å². The highest BCUT2D eigenvalue weighted by molar-refractivity contribution is 6.31. The molecule has 2 heterocycles. The van der Waals surface area contributed by atoms with Crippen molar-refractivity contribution in [3.63, 3.8) is 0 Å². The molecule has 0 spiro atoms. The first-order valence-electron chi connectivity index (χ1n) is 7.61. The number of hydrogen-bond donors (Lipinski definition) is 2. The fourth-order valence-electron chi connectivity index (χ4n) is 2.76. The first kappa shape index (κ1) is 17.5. The third-order valence-electron chi connectivity index (χ3n) is 3.97. The average molecular weight is 377 g/mol. The average Bonchev–Trinajstić information content (AvgIpc) is 2.91. The molecule has 3 aromatic rings. The van der Waals surface area contributed by atoms with Gasteiger partial charge in [0.25, 0.3) is 0 Å². The SMILES string of the molecule is CCc1cc(C(=O)c2[nH]c3cc(Cl)ccc3c2CC(=O)O)ncc1Cl. The molecular weight excluding hydrogens is 363 g/mol. The Kier molecular flexibility index (Phi) is 4.79. The van der Waals surface area contributed by atoms with Crippen molar-refractivity contribution in [2.75, 3.05) is 0 Å². The van der Waals surface area contributed by atoms with Crippen LogP contribution in [0.15, 0.2) is 30.5 Å². The van der Waals surface area contributed by atoms with Crippen LogP contribution in [0.4, 0.5) is 0 Å². The van der Waals surface area contributed by atoms with E-state index in [9.17, 15) is 14.7 Å². The van der Waals surface area contributed by atoms with Gasteiger partial charge in [0.15, 0.2) is 0 Å². The van der Waals surface area contributed by atoms with Crippen LogP contribution in [0.2, 0.25) is 10.0 Å². The molecule has 2 N–H and O–H groups in total. The normalized spacial score (nSPS) is 11.0. The lowest BCUT2D eigenvalue weighted by Crippen LogP contribution is -2.10. The second-order valence-electron chi connectivity index (χ2n) is 5.58. The van der Waals surface area contributed by atoms with E-state index in [1.165, 1.54) is 6.20 Å². The van der Waals surface area contributed by atoms with E-state index < -0.39 is 5.97 Å². The minimum Gasteiger partial charge on any atom is -0.481 e. The van der Waals surface area contributed by atoms with Crippen LogP contribution in [0.3, 0.4) is 0 Å². The summed E-state index contributed by atoms with van der Waals surface area (Å²) < 4.78 is 0. The van der Waals surface area contributed by atoms with Crippen molar-refractivity contribution < 1.29 is 14.7 Å². The second-order valence-corrected chi connectivity index (χ2v) is 6.43.